The first kappa shape index (κ1) is 15.9. The minimum absolute atomic E-state index is 0.880. The molecule has 0 heterocycles. The number of sulfone groups is 1. The van der Waals surface area contributed by atoms with E-state index >= 15 is 0 Å². The second kappa shape index (κ2) is 5.01. The van der Waals surface area contributed by atoms with Crippen molar-refractivity contribution in [2.45, 2.75) is 37.7 Å². The quantitative estimate of drug-likeness (QED) is 0.573. The number of amides is 1. The SMILES string of the molecule is CC(O)C(NC(=O)C(C)(C)S(C)(=O)=O)C(=O)O. The van der Waals surface area contributed by atoms with Gasteiger partial charge in [-0.15, -0.1) is 0 Å². The topological polar surface area (TPSA) is 121 Å². The van der Waals surface area contributed by atoms with Crippen molar-refractivity contribution >= 4 is 21.7 Å². The molecule has 8 heteroatoms. The lowest BCUT2D eigenvalue weighted by Gasteiger charge is -2.25. The van der Waals surface area contributed by atoms with Gasteiger partial charge in [-0.3, -0.25) is 4.79 Å². The Balaban J connectivity index is 5.05. The van der Waals surface area contributed by atoms with E-state index in [1.807, 2.05) is 5.32 Å². The van der Waals surface area contributed by atoms with E-state index in [0.717, 1.165) is 6.26 Å². The van der Waals surface area contributed by atoms with Crippen LogP contribution in [0.25, 0.3) is 0 Å². The van der Waals surface area contributed by atoms with Gasteiger partial charge in [-0.05, 0) is 20.8 Å². The lowest BCUT2D eigenvalue weighted by atomic mass is 10.1. The molecule has 17 heavy (non-hydrogen) atoms. The third-order valence-electron chi connectivity index (χ3n) is 2.51. The molecular weight excluding hydrogens is 250 g/mol. The molecule has 0 aromatic carbocycles. The van der Waals surface area contributed by atoms with E-state index in [2.05, 4.69) is 0 Å². The van der Waals surface area contributed by atoms with Gasteiger partial charge in [0.05, 0.1) is 6.10 Å². The highest BCUT2D eigenvalue weighted by atomic mass is 32.2. The molecule has 1 amide bonds. The highest BCUT2D eigenvalue weighted by Gasteiger charge is 2.40. The van der Waals surface area contributed by atoms with Crippen molar-refractivity contribution in [2.24, 2.45) is 0 Å². The number of carboxylic acid groups (broad SMARTS) is 1. The van der Waals surface area contributed by atoms with Gasteiger partial charge in [-0.2, -0.15) is 0 Å². The van der Waals surface area contributed by atoms with Crippen LogP contribution >= 0.6 is 0 Å². The fourth-order valence-electron chi connectivity index (χ4n) is 0.872. The van der Waals surface area contributed by atoms with E-state index in [4.69, 9.17) is 10.2 Å². The van der Waals surface area contributed by atoms with Crippen LogP contribution in [-0.4, -0.2) is 53.7 Å². The van der Waals surface area contributed by atoms with E-state index in [1.165, 1.54) is 20.8 Å². The van der Waals surface area contributed by atoms with E-state index in [1.54, 1.807) is 0 Å². The van der Waals surface area contributed by atoms with Crippen LogP contribution < -0.4 is 5.32 Å². The van der Waals surface area contributed by atoms with Gasteiger partial charge in [-0.25, -0.2) is 13.2 Å². The average Bonchev–Trinajstić information content (AvgIpc) is 2.10. The van der Waals surface area contributed by atoms with Crippen molar-refractivity contribution in [3.8, 4) is 0 Å². The van der Waals surface area contributed by atoms with Gasteiger partial charge < -0.3 is 15.5 Å². The Kier molecular flexibility index (Phi) is 4.67. The Morgan fingerprint density at radius 2 is 1.71 bits per heavy atom. The number of hydrogen-bond acceptors (Lipinski definition) is 5. The monoisotopic (exact) mass is 267 g/mol. The zero-order chi connectivity index (χ0) is 14.0. The summed E-state index contributed by atoms with van der Waals surface area (Å²) in [4.78, 5) is 22.4. The van der Waals surface area contributed by atoms with Gasteiger partial charge in [-0.1, -0.05) is 0 Å². The Bertz CT molecular complexity index is 411. The molecule has 100 valence electrons. The second-order valence-corrected chi connectivity index (χ2v) is 6.88. The molecular formula is C9H17NO6S. The van der Waals surface area contributed by atoms with Crippen LogP contribution in [0.2, 0.25) is 0 Å². The van der Waals surface area contributed by atoms with E-state index in [9.17, 15) is 18.0 Å². The molecule has 0 radical (unpaired) electrons. The zero-order valence-electron chi connectivity index (χ0n) is 10.1. The third kappa shape index (κ3) is 3.67. The number of aliphatic hydroxyl groups is 1. The van der Waals surface area contributed by atoms with Gasteiger partial charge in [0.15, 0.2) is 15.9 Å². The summed E-state index contributed by atoms with van der Waals surface area (Å²) in [6.07, 6.45) is -0.447. The van der Waals surface area contributed by atoms with Crippen LogP contribution in [0.5, 0.6) is 0 Å². The predicted molar refractivity (Wildman–Crippen MR) is 60.2 cm³/mol. The number of hydrogen-bond donors (Lipinski definition) is 3. The maximum absolute atomic E-state index is 11.7. The molecule has 7 nitrogen and oxygen atoms in total. The number of carbonyl (C=O) groups excluding carboxylic acids is 1. The van der Waals surface area contributed by atoms with E-state index in [-0.39, 0.29) is 0 Å². The summed E-state index contributed by atoms with van der Waals surface area (Å²) in [7, 11) is -3.69. The minimum atomic E-state index is -3.69. The number of carbonyl (C=O) groups is 2. The molecule has 0 rings (SSSR count). The summed E-state index contributed by atoms with van der Waals surface area (Å²) in [5.74, 6) is -2.40. The van der Waals surface area contributed by atoms with Crippen LogP contribution in [0, 0.1) is 0 Å². The van der Waals surface area contributed by atoms with Gasteiger partial charge in [0, 0.05) is 6.26 Å². The number of carboxylic acids is 1. The van der Waals surface area contributed by atoms with Crippen LogP contribution in [0.1, 0.15) is 20.8 Å². The van der Waals surface area contributed by atoms with Crippen LogP contribution in [0.3, 0.4) is 0 Å². The zero-order valence-corrected chi connectivity index (χ0v) is 10.9. The molecule has 2 atom stereocenters. The lowest BCUT2D eigenvalue weighted by molar-refractivity contribution is -0.145. The summed E-state index contributed by atoms with van der Waals surface area (Å²) in [6, 6.07) is -1.54. The molecule has 3 N–H and O–H groups in total. The van der Waals surface area contributed by atoms with Crippen molar-refractivity contribution in [1.82, 2.24) is 5.32 Å². The molecule has 0 bridgehead atoms. The molecule has 0 aromatic rings. The van der Waals surface area contributed by atoms with Crippen molar-refractivity contribution in [2.75, 3.05) is 6.26 Å². The average molecular weight is 267 g/mol. The van der Waals surface area contributed by atoms with Crippen LogP contribution in [0.15, 0.2) is 0 Å². The normalized spacial score (nSPS) is 16.1. The number of aliphatic carboxylic acids is 1. The molecule has 0 saturated carbocycles. The Morgan fingerprint density at radius 3 is 1.94 bits per heavy atom. The molecule has 0 aliphatic carbocycles. The first-order chi connectivity index (χ1) is 7.41. The summed E-state index contributed by atoms with van der Waals surface area (Å²) >= 11 is 0. The molecule has 0 fully saturated rings. The van der Waals surface area contributed by atoms with Crippen LogP contribution in [0.4, 0.5) is 0 Å². The van der Waals surface area contributed by atoms with Gasteiger partial charge in [0.1, 0.15) is 4.75 Å². The Hall–Kier alpha value is -1.15. The largest absolute Gasteiger partial charge is 0.480 e. The second-order valence-electron chi connectivity index (χ2n) is 4.31. The number of rotatable bonds is 5. The highest BCUT2D eigenvalue weighted by Crippen LogP contribution is 2.15. The smallest absolute Gasteiger partial charge is 0.328 e. The predicted octanol–water partition coefficient (Wildman–Crippen LogP) is -1.24. The van der Waals surface area contributed by atoms with Crippen molar-refractivity contribution in [3.63, 3.8) is 0 Å². The Labute approximate surface area is 99.7 Å². The Morgan fingerprint density at radius 1 is 1.29 bits per heavy atom. The number of nitrogens with one attached hydrogen (secondary N) is 1. The van der Waals surface area contributed by atoms with E-state index in [0.29, 0.717) is 0 Å². The molecule has 0 aromatic heterocycles. The lowest BCUT2D eigenvalue weighted by Crippen LogP contribution is -2.55. The first-order valence-electron chi connectivity index (χ1n) is 4.82. The van der Waals surface area contributed by atoms with Crippen LogP contribution in [-0.2, 0) is 19.4 Å². The standard InChI is InChI=1S/C9H17NO6S/c1-5(11)6(7(12)13)10-8(14)9(2,3)17(4,15)16/h5-6,11H,1-4H3,(H,10,14)(H,12,13). The summed E-state index contributed by atoms with van der Waals surface area (Å²) in [5, 5.41) is 19.9. The first-order valence-corrected chi connectivity index (χ1v) is 6.72. The van der Waals surface area contributed by atoms with Crippen molar-refractivity contribution < 1.29 is 28.2 Å². The van der Waals surface area contributed by atoms with Gasteiger partial charge >= 0.3 is 5.97 Å². The highest BCUT2D eigenvalue weighted by molar-refractivity contribution is 7.92. The fourth-order valence-corrected chi connectivity index (χ4v) is 1.27. The molecule has 2 unspecified atom stereocenters. The minimum Gasteiger partial charge on any atom is -0.480 e. The molecule has 0 spiro atoms. The fraction of sp³-hybridized carbons (Fsp3) is 0.778. The van der Waals surface area contributed by atoms with Crippen molar-refractivity contribution in [3.05, 3.63) is 0 Å². The third-order valence-corrected chi connectivity index (χ3v) is 4.55. The number of aliphatic hydroxyl groups excluding tert-OH is 1. The maximum Gasteiger partial charge on any atom is 0.328 e. The van der Waals surface area contributed by atoms with Crippen molar-refractivity contribution in [1.29, 1.82) is 0 Å². The molecule has 0 aliphatic heterocycles. The molecule has 0 aliphatic rings. The van der Waals surface area contributed by atoms with E-state index < -0.39 is 38.6 Å². The summed E-state index contributed by atoms with van der Waals surface area (Å²) < 4.78 is 20.9. The summed E-state index contributed by atoms with van der Waals surface area (Å²) in [6.45, 7) is 3.52. The van der Waals surface area contributed by atoms with Gasteiger partial charge in [0.25, 0.3) is 0 Å². The summed E-state index contributed by atoms with van der Waals surface area (Å²) in [5.41, 5.74) is 0. The molecule has 0 saturated heterocycles. The van der Waals surface area contributed by atoms with Gasteiger partial charge in [0.2, 0.25) is 5.91 Å². The maximum atomic E-state index is 11.7.